The number of non-ortho nitro benzene ring substituents is 1. The maximum absolute atomic E-state index is 13.5. The zero-order valence-electron chi connectivity index (χ0n) is 18.1. The molecule has 1 aliphatic heterocycles. The molecule has 4 rings (SSSR count). The zero-order chi connectivity index (χ0) is 24.6. The quantitative estimate of drug-likeness (QED) is 0.204. The van der Waals surface area contributed by atoms with E-state index in [4.69, 9.17) is 11.6 Å². The van der Waals surface area contributed by atoms with Crippen molar-refractivity contribution in [3.8, 4) is 0 Å². The number of nitro groups is 1. The first kappa shape index (κ1) is 23.3. The van der Waals surface area contributed by atoms with Crippen molar-refractivity contribution in [1.82, 2.24) is 10.0 Å². The van der Waals surface area contributed by atoms with Crippen molar-refractivity contribution in [3.63, 3.8) is 0 Å². The van der Waals surface area contributed by atoms with Gasteiger partial charge in [0.25, 0.3) is 23.4 Å². The van der Waals surface area contributed by atoms with Crippen LogP contribution in [0.1, 0.15) is 34.1 Å². The highest BCUT2D eigenvalue weighted by molar-refractivity contribution is 6.30. The Hall–Kier alpha value is -3.85. The van der Waals surface area contributed by atoms with E-state index in [9.17, 15) is 29.3 Å². The second kappa shape index (κ2) is 9.18. The van der Waals surface area contributed by atoms with Crippen LogP contribution < -0.4 is 0 Å². The fourth-order valence-corrected chi connectivity index (χ4v) is 4.49. The summed E-state index contributed by atoms with van der Waals surface area (Å²) in [6.07, 6.45) is 4.02. The van der Waals surface area contributed by atoms with Crippen LogP contribution >= 0.6 is 11.6 Å². The lowest BCUT2D eigenvalue weighted by atomic mass is 9.78. The molecule has 2 aromatic rings. The molecule has 3 atom stereocenters. The molecule has 10 heteroatoms. The number of allylic oxidation sites excluding steroid dienone is 2. The van der Waals surface area contributed by atoms with Gasteiger partial charge in [-0.1, -0.05) is 36.7 Å². The van der Waals surface area contributed by atoms with Crippen LogP contribution in [0.5, 0.6) is 0 Å². The molecular weight excluding hydrogens is 462 g/mol. The third-order valence-electron chi connectivity index (χ3n) is 6.09. The number of rotatable bonds is 6. The van der Waals surface area contributed by atoms with Gasteiger partial charge in [-0.3, -0.25) is 29.3 Å². The first-order valence-corrected chi connectivity index (χ1v) is 11.0. The number of nitrogens with zero attached hydrogens (tertiary/aromatic N) is 3. The molecule has 1 fully saturated rings. The summed E-state index contributed by atoms with van der Waals surface area (Å²) in [4.78, 5) is 63.6. The second-order valence-corrected chi connectivity index (χ2v) is 8.68. The molecule has 34 heavy (non-hydrogen) atoms. The topological polar surface area (TPSA) is 118 Å². The van der Waals surface area contributed by atoms with E-state index in [0.29, 0.717) is 11.4 Å². The number of hydrogen-bond donors (Lipinski definition) is 0. The molecule has 0 bridgehead atoms. The summed E-state index contributed by atoms with van der Waals surface area (Å²) < 4.78 is 0. The number of amides is 3. The third kappa shape index (κ3) is 4.22. The maximum Gasteiger partial charge on any atom is 0.273 e. The number of halogens is 1. The Morgan fingerprint density at radius 2 is 1.82 bits per heavy atom. The molecule has 1 saturated heterocycles. The van der Waals surface area contributed by atoms with Gasteiger partial charge in [-0.15, -0.1) is 0 Å². The number of ketones is 1. The van der Waals surface area contributed by atoms with Crippen LogP contribution in [0.2, 0.25) is 5.02 Å². The van der Waals surface area contributed by atoms with E-state index >= 15 is 0 Å². The Bertz CT molecular complexity index is 1230. The van der Waals surface area contributed by atoms with E-state index in [-0.39, 0.29) is 22.7 Å². The molecule has 1 aliphatic carbocycles. The van der Waals surface area contributed by atoms with Crippen LogP contribution in [0.25, 0.3) is 0 Å². The molecule has 0 unspecified atom stereocenters. The van der Waals surface area contributed by atoms with Crippen LogP contribution in [0.3, 0.4) is 0 Å². The molecule has 2 aromatic carbocycles. The van der Waals surface area contributed by atoms with Gasteiger partial charge in [0.2, 0.25) is 0 Å². The molecule has 0 spiro atoms. The molecule has 2 aliphatic rings. The number of imide groups is 1. The average Bonchev–Trinajstić information content (AvgIpc) is 3.08. The minimum absolute atomic E-state index is 0.125. The molecule has 0 N–H and O–H groups in total. The number of benzene rings is 2. The summed E-state index contributed by atoms with van der Waals surface area (Å²) in [5.74, 6) is -4.06. The number of carbonyl (C=O) groups is 4. The zero-order valence-corrected chi connectivity index (χ0v) is 18.8. The lowest BCUT2D eigenvalue weighted by molar-refractivity contribution is -0.384. The lowest BCUT2D eigenvalue weighted by Gasteiger charge is -2.30. The van der Waals surface area contributed by atoms with Gasteiger partial charge in [0.1, 0.15) is 6.54 Å². The van der Waals surface area contributed by atoms with Gasteiger partial charge in [-0.05, 0) is 42.7 Å². The smallest absolute Gasteiger partial charge is 0.273 e. The van der Waals surface area contributed by atoms with E-state index in [0.717, 1.165) is 16.1 Å². The van der Waals surface area contributed by atoms with Gasteiger partial charge in [-0.2, -0.15) is 5.01 Å². The Balaban J connectivity index is 1.73. The van der Waals surface area contributed by atoms with Gasteiger partial charge in [-0.25, -0.2) is 5.01 Å². The Labute approximate surface area is 199 Å². The van der Waals surface area contributed by atoms with Gasteiger partial charge in [0.05, 0.1) is 16.8 Å². The van der Waals surface area contributed by atoms with Crippen LogP contribution in [-0.2, 0) is 9.59 Å². The normalized spacial score (nSPS) is 21.4. The van der Waals surface area contributed by atoms with Gasteiger partial charge >= 0.3 is 0 Å². The predicted molar refractivity (Wildman–Crippen MR) is 122 cm³/mol. The fourth-order valence-electron chi connectivity index (χ4n) is 4.37. The minimum Gasteiger partial charge on any atom is -0.292 e. The summed E-state index contributed by atoms with van der Waals surface area (Å²) >= 11 is 5.88. The maximum atomic E-state index is 13.5. The van der Waals surface area contributed by atoms with Gasteiger partial charge < -0.3 is 0 Å². The first-order valence-electron chi connectivity index (χ1n) is 10.6. The molecule has 0 radical (unpaired) electrons. The highest BCUT2D eigenvalue weighted by atomic mass is 35.5. The number of hydrazine groups is 1. The van der Waals surface area contributed by atoms with Crippen LogP contribution in [0.15, 0.2) is 60.7 Å². The fraction of sp³-hybridized carbons (Fsp3) is 0.250. The summed E-state index contributed by atoms with van der Waals surface area (Å²) in [5, 5.41) is 13.1. The highest BCUT2D eigenvalue weighted by Crippen LogP contribution is 2.39. The molecule has 1 heterocycles. The largest absolute Gasteiger partial charge is 0.292 e. The lowest BCUT2D eigenvalue weighted by Crippen LogP contribution is -2.52. The van der Waals surface area contributed by atoms with E-state index in [1.165, 1.54) is 42.5 Å². The van der Waals surface area contributed by atoms with E-state index in [1.807, 2.05) is 19.1 Å². The van der Waals surface area contributed by atoms with Crippen molar-refractivity contribution in [2.24, 2.45) is 17.8 Å². The third-order valence-corrected chi connectivity index (χ3v) is 6.34. The van der Waals surface area contributed by atoms with Crippen molar-refractivity contribution >= 4 is 40.8 Å². The van der Waals surface area contributed by atoms with E-state index in [1.54, 1.807) is 0 Å². The average molecular weight is 482 g/mol. The summed E-state index contributed by atoms with van der Waals surface area (Å²) in [6, 6.07) is 10.9. The number of fused-ring (bicyclic) bond motifs is 1. The Morgan fingerprint density at radius 1 is 1.12 bits per heavy atom. The highest BCUT2D eigenvalue weighted by Gasteiger charge is 2.53. The van der Waals surface area contributed by atoms with Crippen molar-refractivity contribution < 1.29 is 24.1 Å². The van der Waals surface area contributed by atoms with E-state index in [2.05, 4.69) is 0 Å². The molecule has 9 nitrogen and oxygen atoms in total. The van der Waals surface area contributed by atoms with Crippen molar-refractivity contribution in [2.45, 2.75) is 13.3 Å². The van der Waals surface area contributed by atoms with E-state index < -0.39 is 46.8 Å². The van der Waals surface area contributed by atoms with Crippen molar-refractivity contribution in [2.75, 3.05) is 6.54 Å². The van der Waals surface area contributed by atoms with Crippen LogP contribution in [0.4, 0.5) is 5.69 Å². The molecular formula is C24H20ClN3O6. The van der Waals surface area contributed by atoms with Crippen LogP contribution in [0, 0.1) is 27.9 Å². The summed E-state index contributed by atoms with van der Waals surface area (Å²) in [7, 11) is 0. The first-order chi connectivity index (χ1) is 16.2. The molecule has 0 aromatic heterocycles. The minimum atomic E-state index is -0.869. The number of hydrogen-bond acceptors (Lipinski definition) is 6. The SMILES string of the molecule is C[C@@H]1C=CC[C@@H]2C(=O)N(N(CC(=O)c3ccc(Cl)cc3)C(=O)c3cccc([N+](=O)[O-])c3)C(=O)[C@@H]12. The summed E-state index contributed by atoms with van der Waals surface area (Å²) in [6.45, 7) is 1.20. The second-order valence-electron chi connectivity index (χ2n) is 8.24. The number of Topliss-reactive ketones (excluding diaryl/α,β-unsaturated/α-hetero) is 1. The van der Waals surface area contributed by atoms with Gasteiger partial charge in [0, 0.05) is 28.3 Å². The summed E-state index contributed by atoms with van der Waals surface area (Å²) in [5.41, 5.74) is -0.229. The Kier molecular flexibility index (Phi) is 6.30. The van der Waals surface area contributed by atoms with Gasteiger partial charge in [0.15, 0.2) is 5.78 Å². The monoisotopic (exact) mass is 481 g/mol. The molecule has 0 saturated carbocycles. The molecule has 3 amide bonds. The predicted octanol–water partition coefficient (Wildman–Crippen LogP) is 3.69. The standard InChI is InChI=1S/C24H20ClN3O6/c1-14-4-2-7-19-21(14)24(32)27(23(19)31)26(13-20(29)15-8-10-17(25)11-9-15)22(30)16-5-3-6-18(12-16)28(33)34/h2-6,8-12,14,19,21H,7,13H2,1H3/t14-,19+,21+/m1/s1. The number of carbonyl (C=O) groups excluding carboxylic acids is 4. The molecule has 174 valence electrons. The number of nitro benzene ring substituents is 1. The van der Waals surface area contributed by atoms with Crippen LogP contribution in [-0.4, -0.2) is 45.0 Å². The van der Waals surface area contributed by atoms with Crippen molar-refractivity contribution in [3.05, 3.63) is 86.9 Å². The van der Waals surface area contributed by atoms with Crippen molar-refractivity contribution in [1.29, 1.82) is 0 Å². The Morgan fingerprint density at radius 3 is 2.47 bits per heavy atom.